The molecule has 8 nitrogen and oxygen atoms in total. The highest BCUT2D eigenvalue weighted by molar-refractivity contribution is 5.99. The highest BCUT2D eigenvalue weighted by Gasteiger charge is 2.31. The molecule has 1 atom stereocenters. The first-order valence-electron chi connectivity index (χ1n) is 14.2. The fourth-order valence-corrected chi connectivity index (χ4v) is 5.24. The summed E-state index contributed by atoms with van der Waals surface area (Å²) in [7, 11) is 2.60. The molecule has 1 aliphatic carbocycles. The topological polar surface area (TPSA) is 80.7 Å². The van der Waals surface area contributed by atoms with Gasteiger partial charge >= 0.3 is 11.9 Å². The molecule has 5 rings (SSSR count). The lowest BCUT2D eigenvalue weighted by Crippen LogP contribution is -2.42. The first-order chi connectivity index (χ1) is 20.8. The molecule has 0 radical (unpaired) electrons. The fraction of sp³-hybridized carbons (Fsp3) is 0.229. The number of rotatable bonds is 8. The van der Waals surface area contributed by atoms with Gasteiger partial charge in [-0.25, -0.2) is 9.59 Å². The third kappa shape index (κ3) is 6.38. The molecular formula is C35H35N3O5. The Kier molecular flexibility index (Phi) is 8.76. The van der Waals surface area contributed by atoms with E-state index in [2.05, 4.69) is 89.7 Å². The zero-order valence-corrected chi connectivity index (χ0v) is 24.8. The fourth-order valence-electron chi connectivity index (χ4n) is 5.24. The van der Waals surface area contributed by atoms with Crippen molar-refractivity contribution < 1.29 is 23.8 Å². The highest BCUT2D eigenvalue weighted by atomic mass is 16.5. The molecule has 3 aromatic carbocycles. The summed E-state index contributed by atoms with van der Waals surface area (Å²) in [5.41, 5.74) is 3.73. The van der Waals surface area contributed by atoms with Crippen molar-refractivity contribution in [2.75, 3.05) is 32.2 Å². The quantitative estimate of drug-likeness (QED) is 0.265. The van der Waals surface area contributed by atoms with Crippen LogP contribution in [0.2, 0.25) is 0 Å². The summed E-state index contributed by atoms with van der Waals surface area (Å²) in [6, 6.07) is 23.6. The Labute approximate surface area is 252 Å². The molecule has 220 valence electrons. The van der Waals surface area contributed by atoms with E-state index >= 15 is 0 Å². The molecule has 1 heterocycles. The maximum atomic E-state index is 12.4. The van der Waals surface area contributed by atoms with Crippen LogP contribution in [0.15, 0.2) is 108 Å². The van der Waals surface area contributed by atoms with Gasteiger partial charge in [-0.3, -0.25) is 0 Å². The van der Waals surface area contributed by atoms with Gasteiger partial charge in [-0.2, -0.15) is 4.99 Å². The SMILES string of the molecule is CCN1C/C(=C\c2ccc(N(c3ccccc3)C3(C)C=CC=CC3)cc2)OC1=Nc1cc(C(=O)OC)ccc1C(=O)OC. The summed E-state index contributed by atoms with van der Waals surface area (Å²) in [6.07, 6.45) is 11.5. The second-order valence-corrected chi connectivity index (χ2v) is 10.4. The number of methoxy groups -OCH3 is 2. The summed E-state index contributed by atoms with van der Waals surface area (Å²) < 4.78 is 15.9. The van der Waals surface area contributed by atoms with E-state index in [9.17, 15) is 9.59 Å². The number of esters is 2. The number of para-hydroxylation sites is 1. The lowest BCUT2D eigenvalue weighted by Gasteiger charge is -2.41. The van der Waals surface area contributed by atoms with E-state index in [0.29, 0.717) is 24.9 Å². The Balaban J connectivity index is 1.43. The zero-order chi connectivity index (χ0) is 30.4. The summed E-state index contributed by atoms with van der Waals surface area (Å²) in [4.78, 5) is 33.5. The second-order valence-electron chi connectivity index (χ2n) is 10.4. The van der Waals surface area contributed by atoms with Crippen LogP contribution in [0.25, 0.3) is 6.08 Å². The van der Waals surface area contributed by atoms with Gasteiger partial charge in [0.05, 0.1) is 43.1 Å². The second kappa shape index (κ2) is 12.8. The van der Waals surface area contributed by atoms with E-state index < -0.39 is 11.9 Å². The normalized spacial score (nSPS) is 19.4. The predicted molar refractivity (Wildman–Crippen MR) is 169 cm³/mol. The minimum absolute atomic E-state index is 0.203. The number of likely N-dealkylation sites (N-methyl/N-ethyl adjacent to an activating group) is 1. The van der Waals surface area contributed by atoms with Gasteiger partial charge in [-0.05, 0) is 74.4 Å². The van der Waals surface area contributed by atoms with Crippen LogP contribution in [0.3, 0.4) is 0 Å². The molecule has 0 spiro atoms. The molecule has 0 amide bonds. The van der Waals surface area contributed by atoms with Crippen molar-refractivity contribution in [3.8, 4) is 0 Å². The van der Waals surface area contributed by atoms with E-state index in [1.165, 1.54) is 32.4 Å². The molecule has 0 N–H and O–H groups in total. The van der Waals surface area contributed by atoms with E-state index in [1.54, 1.807) is 0 Å². The van der Waals surface area contributed by atoms with Crippen LogP contribution >= 0.6 is 0 Å². The molecule has 0 aromatic heterocycles. The summed E-state index contributed by atoms with van der Waals surface area (Å²) >= 11 is 0. The van der Waals surface area contributed by atoms with Gasteiger partial charge in [-0.15, -0.1) is 0 Å². The van der Waals surface area contributed by atoms with Crippen molar-refractivity contribution in [2.24, 2.45) is 4.99 Å². The summed E-state index contributed by atoms with van der Waals surface area (Å²) in [5, 5.41) is 0. The Morgan fingerprint density at radius 2 is 1.70 bits per heavy atom. The number of hydrogen-bond acceptors (Lipinski definition) is 7. The smallest absolute Gasteiger partial charge is 0.340 e. The van der Waals surface area contributed by atoms with Crippen LogP contribution < -0.4 is 4.90 Å². The van der Waals surface area contributed by atoms with Gasteiger partial charge in [0, 0.05) is 17.9 Å². The van der Waals surface area contributed by atoms with Crippen molar-refractivity contribution >= 4 is 41.1 Å². The average molecular weight is 578 g/mol. The molecule has 1 unspecified atom stereocenters. The molecular weight excluding hydrogens is 542 g/mol. The van der Waals surface area contributed by atoms with Crippen molar-refractivity contribution in [2.45, 2.75) is 25.8 Å². The van der Waals surface area contributed by atoms with Gasteiger partial charge in [0.25, 0.3) is 6.02 Å². The van der Waals surface area contributed by atoms with Crippen LogP contribution in [0.4, 0.5) is 17.1 Å². The molecule has 2 aliphatic rings. The highest BCUT2D eigenvalue weighted by Crippen LogP contribution is 2.38. The lowest BCUT2D eigenvalue weighted by atomic mass is 9.90. The van der Waals surface area contributed by atoms with Crippen LogP contribution in [0, 0.1) is 0 Å². The minimum atomic E-state index is -0.564. The van der Waals surface area contributed by atoms with Gasteiger partial charge in [0.2, 0.25) is 0 Å². The molecule has 43 heavy (non-hydrogen) atoms. The van der Waals surface area contributed by atoms with Crippen molar-refractivity contribution in [3.05, 3.63) is 120 Å². The third-order valence-corrected chi connectivity index (χ3v) is 7.50. The molecule has 1 aliphatic heterocycles. The number of anilines is 2. The lowest BCUT2D eigenvalue weighted by molar-refractivity contribution is 0.0587. The molecule has 0 saturated carbocycles. The maximum Gasteiger partial charge on any atom is 0.340 e. The van der Waals surface area contributed by atoms with Gasteiger partial charge < -0.3 is 24.0 Å². The monoisotopic (exact) mass is 577 g/mol. The van der Waals surface area contributed by atoms with Crippen molar-refractivity contribution in [1.82, 2.24) is 4.90 Å². The average Bonchev–Trinajstić information content (AvgIpc) is 3.42. The van der Waals surface area contributed by atoms with Crippen molar-refractivity contribution in [1.29, 1.82) is 0 Å². The van der Waals surface area contributed by atoms with Crippen LogP contribution in [0.1, 0.15) is 46.5 Å². The third-order valence-electron chi connectivity index (χ3n) is 7.50. The first kappa shape index (κ1) is 29.4. The Hall–Kier alpha value is -5.11. The zero-order valence-electron chi connectivity index (χ0n) is 24.8. The minimum Gasteiger partial charge on any atom is -0.465 e. The molecule has 1 saturated heterocycles. The number of hydrogen-bond donors (Lipinski definition) is 0. The predicted octanol–water partition coefficient (Wildman–Crippen LogP) is 7.05. The molecule has 0 bridgehead atoms. The number of carbonyl (C=O) groups is 2. The number of allylic oxidation sites excluding steroid dienone is 2. The Morgan fingerprint density at radius 1 is 0.977 bits per heavy atom. The Morgan fingerprint density at radius 3 is 2.35 bits per heavy atom. The van der Waals surface area contributed by atoms with E-state index in [4.69, 9.17) is 14.2 Å². The van der Waals surface area contributed by atoms with Gasteiger partial charge in [0.15, 0.2) is 0 Å². The molecule has 3 aromatic rings. The van der Waals surface area contributed by atoms with E-state index in [-0.39, 0.29) is 22.4 Å². The standard InChI is InChI=1S/C35H35N3O5/c1-5-37-24-29(43-34(37)36-31-23-26(32(39)41-3)16-19-30(31)33(40)42-4)22-25-14-17-28(18-15-25)38(27-12-8-6-9-13-27)35(2)20-10-7-11-21-35/h6-20,22-23H,5,21,24H2,1-4H3/b29-22+,36-34?. The molecule has 1 fully saturated rings. The Bertz CT molecular complexity index is 1610. The summed E-state index contributed by atoms with van der Waals surface area (Å²) in [6.45, 7) is 5.38. The van der Waals surface area contributed by atoms with Gasteiger partial charge in [-0.1, -0.05) is 54.6 Å². The van der Waals surface area contributed by atoms with Gasteiger partial charge in [0.1, 0.15) is 5.76 Å². The largest absolute Gasteiger partial charge is 0.465 e. The number of benzene rings is 3. The van der Waals surface area contributed by atoms with Crippen LogP contribution in [0.5, 0.6) is 0 Å². The molecule has 8 heteroatoms. The maximum absolute atomic E-state index is 12.4. The van der Waals surface area contributed by atoms with Crippen LogP contribution in [-0.4, -0.2) is 55.7 Å². The number of nitrogens with zero attached hydrogens (tertiary/aromatic N) is 3. The first-order valence-corrected chi connectivity index (χ1v) is 14.2. The number of ether oxygens (including phenoxy) is 3. The summed E-state index contributed by atoms with van der Waals surface area (Å²) in [5.74, 6) is -0.382. The van der Waals surface area contributed by atoms with E-state index in [0.717, 1.165) is 23.4 Å². The number of aliphatic imine (C=N–C) groups is 1. The van der Waals surface area contributed by atoms with Crippen molar-refractivity contribution in [3.63, 3.8) is 0 Å². The number of carbonyl (C=O) groups excluding carboxylic acids is 2. The number of amidine groups is 1. The van der Waals surface area contributed by atoms with E-state index in [1.807, 2.05) is 24.0 Å². The van der Waals surface area contributed by atoms with Crippen LogP contribution in [-0.2, 0) is 14.2 Å².